The molecule has 0 spiro atoms. The van der Waals surface area contributed by atoms with Gasteiger partial charge in [-0.25, -0.2) is 4.68 Å². The first-order chi connectivity index (χ1) is 10.0. The summed E-state index contributed by atoms with van der Waals surface area (Å²) in [5.74, 6) is 0.682. The summed E-state index contributed by atoms with van der Waals surface area (Å²) < 4.78 is 7.09. The smallest absolute Gasteiger partial charge is 0.221 e. The summed E-state index contributed by atoms with van der Waals surface area (Å²) in [6.45, 7) is 4.07. The fourth-order valence-electron chi connectivity index (χ4n) is 2.20. The molecule has 6 nitrogen and oxygen atoms in total. The molecule has 0 aliphatic carbocycles. The van der Waals surface area contributed by atoms with Gasteiger partial charge in [-0.1, -0.05) is 0 Å². The molecule has 1 heterocycles. The van der Waals surface area contributed by atoms with E-state index in [0.717, 1.165) is 28.5 Å². The van der Waals surface area contributed by atoms with Gasteiger partial charge in [0, 0.05) is 31.9 Å². The standard InChI is InChI=1S/C15H20N4O2/c1-10-14(15(21-4)19(3)18-10)9-16-12-5-7-13(8-6-12)17-11(2)20/h5-8,16H,9H2,1-4H3,(H,17,20). The molecule has 0 bridgehead atoms. The molecule has 0 saturated carbocycles. The molecule has 0 fully saturated rings. The minimum Gasteiger partial charge on any atom is -0.481 e. The zero-order chi connectivity index (χ0) is 15.4. The third kappa shape index (κ3) is 3.53. The Morgan fingerprint density at radius 1 is 1.29 bits per heavy atom. The van der Waals surface area contributed by atoms with Crippen LogP contribution in [0.5, 0.6) is 5.88 Å². The van der Waals surface area contributed by atoms with Gasteiger partial charge < -0.3 is 15.4 Å². The Labute approximate surface area is 124 Å². The lowest BCUT2D eigenvalue weighted by atomic mass is 10.2. The van der Waals surface area contributed by atoms with Crippen LogP contribution in [0.2, 0.25) is 0 Å². The Bertz CT molecular complexity index is 632. The number of anilines is 2. The minimum absolute atomic E-state index is 0.0774. The molecule has 1 amide bonds. The molecule has 2 aromatic rings. The molecule has 2 rings (SSSR count). The van der Waals surface area contributed by atoms with Crippen molar-refractivity contribution in [3.63, 3.8) is 0 Å². The van der Waals surface area contributed by atoms with Crippen molar-refractivity contribution in [3.8, 4) is 5.88 Å². The number of amides is 1. The average molecular weight is 288 g/mol. The van der Waals surface area contributed by atoms with E-state index in [4.69, 9.17) is 4.74 Å². The molecule has 112 valence electrons. The fraction of sp³-hybridized carbons (Fsp3) is 0.333. The molecule has 21 heavy (non-hydrogen) atoms. The molecular weight excluding hydrogens is 268 g/mol. The van der Waals surface area contributed by atoms with Gasteiger partial charge >= 0.3 is 0 Å². The maximum atomic E-state index is 11.0. The van der Waals surface area contributed by atoms with E-state index in [1.54, 1.807) is 11.8 Å². The van der Waals surface area contributed by atoms with Crippen molar-refractivity contribution in [3.05, 3.63) is 35.5 Å². The first kappa shape index (κ1) is 14.9. The van der Waals surface area contributed by atoms with Crippen molar-refractivity contribution in [2.24, 2.45) is 7.05 Å². The van der Waals surface area contributed by atoms with Crippen LogP contribution in [-0.4, -0.2) is 22.8 Å². The number of carbonyl (C=O) groups excluding carboxylic acids is 1. The molecule has 0 aliphatic rings. The second kappa shape index (κ2) is 6.30. The number of ether oxygens (including phenoxy) is 1. The number of carbonyl (C=O) groups is 1. The van der Waals surface area contributed by atoms with E-state index >= 15 is 0 Å². The summed E-state index contributed by atoms with van der Waals surface area (Å²) in [5, 5.41) is 10.4. The van der Waals surface area contributed by atoms with Gasteiger partial charge in [0.15, 0.2) is 0 Å². The number of benzene rings is 1. The predicted molar refractivity (Wildman–Crippen MR) is 82.6 cm³/mol. The summed E-state index contributed by atoms with van der Waals surface area (Å²) in [6, 6.07) is 7.56. The number of rotatable bonds is 5. The Morgan fingerprint density at radius 2 is 1.90 bits per heavy atom. The molecule has 2 N–H and O–H groups in total. The highest BCUT2D eigenvalue weighted by atomic mass is 16.5. The van der Waals surface area contributed by atoms with Gasteiger partial charge in [0.05, 0.1) is 18.4 Å². The highest BCUT2D eigenvalue weighted by Gasteiger charge is 2.13. The number of aromatic nitrogens is 2. The van der Waals surface area contributed by atoms with Crippen LogP contribution in [0.25, 0.3) is 0 Å². The molecule has 0 saturated heterocycles. The zero-order valence-electron chi connectivity index (χ0n) is 12.7. The van der Waals surface area contributed by atoms with Crippen LogP contribution in [0.15, 0.2) is 24.3 Å². The normalized spacial score (nSPS) is 10.3. The molecule has 0 unspecified atom stereocenters. The number of nitrogens with zero attached hydrogens (tertiary/aromatic N) is 2. The monoisotopic (exact) mass is 288 g/mol. The van der Waals surface area contributed by atoms with Crippen LogP contribution in [-0.2, 0) is 18.4 Å². The van der Waals surface area contributed by atoms with Crippen molar-refractivity contribution in [2.75, 3.05) is 17.7 Å². The number of hydrogen-bond acceptors (Lipinski definition) is 4. The molecular formula is C15H20N4O2. The van der Waals surface area contributed by atoms with Gasteiger partial charge in [-0.2, -0.15) is 5.10 Å². The molecule has 6 heteroatoms. The average Bonchev–Trinajstić information content (AvgIpc) is 2.71. The maximum Gasteiger partial charge on any atom is 0.221 e. The van der Waals surface area contributed by atoms with E-state index in [9.17, 15) is 4.79 Å². The van der Waals surface area contributed by atoms with Gasteiger partial charge in [-0.15, -0.1) is 0 Å². The summed E-state index contributed by atoms with van der Waals surface area (Å²) in [6.07, 6.45) is 0. The topological polar surface area (TPSA) is 68.2 Å². The summed E-state index contributed by atoms with van der Waals surface area (Å²) in [4.78, 5) is 11.0. The highest BCUT2D eigenvalue weighted by molar-refractivity contribution is 5.88. The second-order valence-electron chi connectivity index (χ2n) is 4.81. The van der Waals surface area contributed by atoms with Gasteiger partial charge in [-0.05, 0) is 31.2 Å². The van der Waals surface area contributed by atoms with E-state index in [1.807, 2.05) is 38.2 Å². The lowest BCUT2D eigenvalue weighted by Crippen LogP contribution is -2.06. The maximum absolute atomic E-state index is 11.0. The third-order valence-corrected chi connectivity index (χ3v) is 3.16. The molecule has 0 aliphatic heterocycles. The van der Waals surface area contributed by atoms with Crippen LogP contribution in [0.1, 0.15) is 18.2 Å². The van der Waals surface area contributed by atoms with Crippen molar-refractivity contribution in [1.29, 1.82) is 0 Å². The molecule has 0 radical (unpaired) electrons. The van der Waals surface area contributed by atoms with Gasteiger partial charge in [0.25, 0.3) is 0 Å². The quantitative estimate of drug-likeness (QED) is 0.886. The van der Waals surface area contributed by atoms with Crippen LogP contribution >= 0.6 is 0 Å². The van der Waals surface area contributed by atoms with E-state index in [0.29, 0.717) is 6.54 Å². The van der Waals surface area contributed by atoms with Crippen LogP contribution in [0, 0.1) is 6.92 Å². The highest BCUT2D eigenvalue weighted by Crippen LogP contribution is 2.22. The van der Waals surface area contributed by atoms with Crippen LogP contribution in [0.4, 0.5) is 11.4 Å². The summed E-state index contributed by atoms with van der Waals surface area (Å²) in [7, 11) is 3.50. The molecule has 0 atom stereocenters. The predicted octanol–water partition coefficient (Wildman–Crippen LogP) is 2.31. The van der Waals surface area contributed by atoms with E-state index < -0.39 is 0 Å². The number of nitrogens with one attached hydrogen (secondary N) is 2. The van der Waals surface area contributed by atoms with E-state index in [1.165, 1.54) is 6.92 Å². The van der Waals surface area contributed by atoms with Crippen molar-refractivity contribution < 1.29 is 9.53 Å². The largest absolute Gasteiger partial charge is 0.481 e. The van der Waals surface area contributed by atoms with Gasteiger partial charge in [0.2, 0.25) is 11.8 Å². The van der Waals surface area contributed by atoms with Gasteiger partial charge in [-0.3, -0.25) is 4.79 Å². The summed E-state index contributed by atoms with van der Waals surface area (Å²) in [5.41, 5.74) is 3.72. The van der Waals surface area contributed by atoms with Gasteiger partial charge in [0.1, 0.15) is 0 Å². The number of aryl methyl sites for hydroxylation is 2. The van der Waals surface area contributed by atoms with Crippen molar-refractivity contribution in [1.82, 2.24) is 9.78 Å². The first-order valence-electron chi connectivity index (χ1n) is 6.69. The number of hydrogen-bond donors (Lipinski definition) is 2. The third-order valence-electron chi connectivity index (χ3n) is 3.16. The van der Waals surface area contributed by atoms with Crippen LogP contribution < -0.4 is 15.4 Å². The van der Waals surface area contributed by atoms with Crippen molar-refractivity contribution in [2.45, 2.75) is 20.4 Å². The van der Waals surface area contributed by atoms with E-state index in [-0.39, 0.29) is 5.91 Å². The zero-order valence-corrected chi connectivity index (χ0v) is 12.7. The molecule has 1 aromatic carbocycles. The van der Waals surface area contributed by atoms with Crippen molar-refractivity contribution >= 4 is 17.3 Å². The van der Waals surface area contributed by atoms with Crippen LogP contribution in [0.3, 0.4) is 0 Å². The Kier molecular flexibility index (Phi) is 4.47. The Morgan fingerprint density at radius 3 is 2.48 bits per heavy atom. The SMILES string of the molecule is COc1c(CNc2ccc(NC(C)=O)cc2)c(C)nn1C. The Balaban J connectivity index is 2.05. The number of methoxy groups -OCH3 is 1. The lowest BCUT2D eigenvalue weighted by molar-refractivity contribution is -0.114. The van der Waals surface area contributed by atoms with E-state index in [2.05, 4.69) is 15.7 Å². The minimum atomic E-state index is -0.0774. The Hall–Kier alpha value is -2.50. The summed E-state index contributed by atoms with van der Waals surface area (Å²) >= 11 is 0. The molecule has 1 aromatic heterocycles. The first-order valence-corrected chi connectivity index (χ1v) is 6.69. The fourth-order valence-corrected chi connectivity index (χ4v) is 2.20. The second-order valence-corrected chi connectivity index (χ2v) is 4.81. The lowest BCUT2D eigenvalue weighted by Gasteiger charge is -2.09.